The van der Waals surface area contributed by atoms with Crippen LogP contribution in [0.5, 0.6) is 0 Å². The summed E-state index contributed by atoms with van der Waals surface area (Å²) in [6.45, 7) is 2.35. The quantitative estimate of drug-likeness (QED) is 0.476. The highest BCUT2D eigenvalue weighted by Gasteiger charge is 2.28. The number of nitrogens with one attached hydrogen (secondary N) is 1. The molecular weight excluding hydrogens is 424 g/mol. The second kappa shape index (κ2) is 9.91. The minimum Gasteiger partial charge on any atom is -0.352 e. The first-order valence-corrected chi connectivity index (χ1v) is 11.8. The van der Waals surface area contributed by atoms with Gasteiger partial charge >= 0.3 is 0 Å². The fourth-order valence-corrected chi connectivity index (χ4v) is 4.71. The molecule has 2 heterocycles. The Morgan fingerprint density at radius 3 is 2.41 bits per heavy atom. The Hall–Kier alpha value is -3.93. The van der Waals surface area contributed by atoms with E-state index in [9.17, 15) is 9.59 Å². The van der Waals surface area contributed by atoms with E-state index in [2.05, 4.69) is 16.5 Å². The van der Waals surface area contributed by atoms with Crippen molar-refractivity contribution in [2.45, 2.75) is 25.9 Å². The molecule has 6 nitrogen and oxygen atoms in total. The first-order chi connectivity index (χ1) is 16.7. The van der Waals surface area contributed by atoms with Crippen LogP contribution in [0, 0.1) is 5.92 Å². The van der Waals surface area contributed by atoms with Gasteiger partial charge < -0.3 is 10.2 Å². The van der Waals surface area contributed by atoms with Gasteiger partial charge in [0.05, 0.1) is 6.54 Å². The van der Waals surface area contributed by atoms with Crippen LogP contribution in [0.1, 0.15) is 34.3 Å². The van der Waals surface area contributed by atoms with Gasteiger partial charge in [-0.3, -0.25) is 14.3 Å². The first kappa shape index (κ1) is 21.9. The number of piperidine rings is 1. The van der Waals surface area contributed by atoms with Gasteiger partial charge in [-0.2, -0.15) is 5.10 Å². The number of nitrogens with zero attached hydrogens (tertiary/aromatic N) is 3. The normalized spacial score (nSPS) is 14.3. The Balaban J connectivity index is 1.17. The van der Waals surface area contributed by atoms with E-state index in [1.54, 1.807) is 6.20 Å². The van der Waals surface area contributed by atoms with Crippen LogP contribution in [0.25, 0.3) is 10.8 Å². The van der Waals surface area contributed by atoms with Gasteiger partial charge in [0.25, 0.3) is 5.91 Å². The van der Waals surface area contributed by atoms with Crippen molar-refractivity contribution >= 4 is 22.6 Å². The zero-order valence-corrected chi connectivity index (χ0v) is 19.1. The Kier molecular flexibility index (Phi) is 6.38. The Morgan fingerprint density at radius 2 is 1.62 bits per heavy atom. The van der Waals surface area contributed by atoms with Crippen LogP contribution < -0.4 is 5.32 Å². The Morgan fingerprint density at radius 1 is 0.882 bits per heavy atom. The second-order valence-electron chi connectivity index (χ2n) is 8.78. The molecular formula is C28H28N4O2. The highest BCUT2D eigenvalue weighted by Crippen LogP contribution is 2.24. The van der Waals surface area contributed by atoms with Crippen molar-refractivity contribution < 1.29 is 9.59 Å². The summed E-state index contributed by atoms with van der Waals surface area (Å²) in [5, 5.41) is 9.44. The molecule has 0 aliphatic carbocycles. The van der Waals surface area contributed by atoms with Crippen molar-refractivity contribution in [3.05, 3.63) is 102 Å². The lowest BCUT2D eigenvalue weighted by molar-refractivity contribution is -0.126. The fraction of sp³-hybridized carbons (Fsp3) is 0.250. The van der Waals surface area contributed by atoms with E-state index >= 15 is 0 Å². The van der Waals surface area contributed by atoms with Gasteiger partial charge in [-0.25, -0.2) is 0 Å². The number of benzene rings is 3. The van der Waals surface area contributed by atoms with Crippen LogP contribution in [-0.4, -0.2) is 39.6 Å². The number of hydrogen-bond donors (Lipinski definition) is 1. The van der Waals surface area contributed by atoms with Crippen LogP contribution in [0.4, 0.5) is 0 Å². The van der Waals surface area contributed by atoms with Crippen LogP contribution in [-0.2, 0) is 17.9 Å². The summed E-state index contributed by atoms with van der Waals surface area (Å²) in [5.41, 5.74) is 2.96. The van der Waals surface area contributed by atoms with Crippen LogP contribution >= 0.6 is 0 Å². The average molecular weight is 453 g/mol. The van der Waals surface area contributed by atoms with E-state index in [-0.39, 0.29) is 17.7 Å². The summed E-state index contributed by atoms with van der Waals surface area (Å²) in [4.78, 5) is 28.0. The highest BCUT2D eigenvalue weighted by atomic mass is 16.2. The van der Waals surface area contributed by atoms with E-state index < -0.39 is 0 Å². The lowest BCUT2D eigenvalue weighted by Crippen LogP contribution is -2.43. The molecule has 0 bridgehead atoms. The molecule has 172 valence electrons. The molecule has 5 rings (SSSR count). The van der Waals surface area contributed by atoms with Gasteiger partial charge in [0.1, 0.15) is 0 Å². The summed E-state index contributed by atoms with van der Waals surface area (Å²) in [6, 6.07) is 23.8. The summed E-state index contributed by atoms with van der Waals surface area (Å²) in [7, 11) is 0. The molecule has 0 unspecified atom stereocenters. The summed E-state index contributed by atoms with van der Waals surface area (Å²) in [5.74, 6) is 0.0317. The van der Waals surface area contributed by atoms with Crippen LogP contribution in [0.2, 0.25) is 0 Å². The number of hydrogen-bond acceptors (Lipinski definition) is 3. The molecule has 0 saturated carbocycles. The molecule has 1 N–H and O–H groups in total. The molecule has 1 aliphatic rings. The molecule has 0 atom stereocenters. The number of carbonyl (C=O) groups excluding carboxylic acids is 2. The molecule has 4 aromatic rings. The van der Waals surface area contributed by atoms with Gasteiger partial charge in [-0.15, -0.1) is 0 Å². The van der Waals surface area contributed by atoms with Gasteiger partial charge in [0, 0.05) is 43.5 Å². The molecule has 2 amide bonds. The van der Waals surface area contributed by atoms with Gasteiger partial charge in [-0.1, -0.05) is 60.7 Å². The summed E-state index contributed by atoms with van der Waals surface area (Å²) < 4.78 is 1.88. The predicted octanol–water partition coefficient (Wildman–Crippen LogP) is 4.25. The monoisotopic (exact) mass is 452 g/mol. The molecule has 1 fully saturated rings. The number of rotatable bonds is 6. The number of fused-ring (bicyclic) bond motifs is 1. The molecule has 1 aliphatic heterocycles. The van der Waals surface area contributed by atoms with Gasteiger partial charge in [0.15, 0.2) is 0 Å². The van der Waals surface area contributed by atoms with Crippen molar-refractivity contribution in [1.29, 1.82) is 0 Å². The third kappa shape index (κ3) is 4.71. The maximum atomic E-state index is 13.2. The largest absolute Gasteiger partial charge is 0.352 e. The van der Waals surface area contributed by atoms with Crippen molar-refractivity contribution in [3.8, 4) is 0 Å². The minimum absolute atomic E-state index is 0.0446. The van der Waals surface area contributed by atoms with E-state index in [1.807, 2.05) is 82.5 Å². The predicted molar refractivity (Wildman–Crippen MR) is 132 cm³/mol. The zero-order valence-electron chi connectivity index (χ0n) is 19.1. The molecule has 1 aromatic heterocycles. The fourth-order valence-electron chi connectivity index (χ4n) is 4.71. The first-order valence-electron chi connectivity index (χ1n) is 11.8. The van der Waals surface area contributed by atoms with E-state index in [0.29, 0.717) is 39.0 Å². The molecule has 6 heteroatoms. The second-order valence-corrected chi connectivity index (χ2v) is 8.78. The van der Waals surface area contributed by atoms with Gasteiger partial charge in [-0.05, 0) is 46.9 Å². The molecule has 0 radical (unpaired) electrons. The highest BCUT2D eigenvalue weighted by molar-refractivity contribution is 6.07. The summed E-state index contributed by atoms with van der Waals surface area (Å²) >= 11 is 0. The maximum absolute atomic E-state index is 13.2. The molecule has 0 spiro atoms. The van der Waals surface area contributed by atoms with E-state index in [1.165, 1.54) is 0 Å². The standard InChI is InChI=1S/C28H28N4O2/c33-27(29-19-23-8-1-2-9-24(23)20-32-16-6-15-30-32)22-13-17-31(18-14-22)28(34)26-12-5-10-21-7-3-4-11-25(21)26/h1-12,15-16,22H,13-14,17-20H2,(H,29,33). The Bertz CT molecular complexity index is 1290. The van der Waals surface area contributed by atoms with Gasteiger partial charge in [0.2, 0.25) is 5.91 Å². The maximum Gasteiger partial charge on any atom is 0.254 e. The number of likely N-dealkylation sites (tertiary alicyclic amines) is 1. The lowest BCUT2D eigenvalue weighted by Gasteiger charge is -2.31. The van der Waals surface area contributed by atoms with Crippen molar-refractivity contribution in [2.24, 2.45) is 5.92 Å². The Labute approximate surface area is 199 Å². The van der Waals surface area contributed by atoms with Crippen molar-refractivity contribution in [2.75, 3.05) is 13.1 Å². The number of carbonyl (C=O) groups is 2. The third-order valence-corrected chi connectivity index (χ3v) is 6.64. The van der Waals surface area contributed by atoms with Crippen LogP contribution in [0.15, 0.2) is 85.2 Å². The molecule has 34 heavy (non-hydrogen) atoms. The zero-order chi connectivity index (χ0) is 23.3. The lowest BCUT2D eigenvalue weighted by atomic mass is 9.94. The molecule has 1 saturated heterocycles. The summed E-state index contributed by atoms with van der Waals surface area (Å²) in [6.07, 6.45) is 5.05. The van der Waals surface area contributed by atoms with E-state index in [4.69, 9.17) is 0 Å². The van der Waals surface area contributed by atoms with Crippen LogP contribution in [0.3, 0.4) is 0 Å². The number of aromatic nitrogens is 2. The topological polar surface area (TPSA) is 67.2 Å². The van der Waals surface area contributed by atoms with Crippen molar-refractivity contribution in [3.63, 3.8) is 0 Å². The van der Waals surface area contributed by atoms with Crippen molar-refractivity contribution in [1.82, 2.24) is 20.0 Å². The number of amides is 2. The van der Waals surface area contributed by atoms with E-state index in [0.717, 1.165) is 27.5 Å². The smallest absolute Gasteiger partial charge is 0.254 e. The SMILES string of the molecule is O=C(NCc1ccccc1Cn1cccn1)C1CCN(C(=O)c2cccc3ccccc23)CC1. The average Bonchev–Trinajstić information content (AvgIpc) is 3.40. The third-order valence-electron chi connectivity index (χ3n) is 6.64. The molecule has 3 aromatic carbocycles. The minimum atomic E-state index is -0.0742.